The van der Waals surface area contributed by atoms with Gasteiger partial charge in [-0.1, -0.05) is 12.1 Å². The van der Waals surface area contributed by atoms with Gasteiger partial charge in [-0.15, -0.1) is 11.3 Å². The van der Waals surface area contributed by atoms with Gasteiger partial charge in [-0.25, -0.2) is 9.78 Å². The number of carbonyl (C=O) groups is 3. The van der Waals surface area contributed by atoms with Crippen molar-refractivity contribution in [3.63, 3.8) is 0 Å². The summed E-state index contributed by atoms with van der Waals surface area (Å²) in [7, 11) is 1.27. The predicted molar refractivity (Wildman–Crippen MR) is 103 cm³/mol. The highest BCUT2D eigenvalue weighted by Gasteiger charge is 2.34. The first kappa shape index (κ1) is 19.8. The van der Waals surface area contributed by atoms with Crippen LogP contribution in [0.5, 0.6) is 5.75 Å². The topological polar surface area (TPSA) is 109 Å². The van der Waals surface area contributed by atoms with Crippen LogP contribution in [0, 0.1) is 12.8 Å². The number of aromatic hydroxyl groups is 1. The van der Waals surface area contributed by atoms with Crippen molar-refractivity contribution < 1.29 is 24.2 Å². The molecule has 0 bridgehead atoms. The van der Waals surface area contributed by atoms with Crippen LogP contribution >= 0.6 is 11.3 Å². The first-order chi connectivity index (χ1) is 13.4. The number of phenols is 1. The zero-order valence-electron chi connectivity index (χ0n) is 15.6. The van der Waals surface area contributed by atoms with Crippen LogP contribution in [0.3, 0.4) is 0 Å². The number of anilines is 1. The van der Waals surface area contributed by atoms with Crippen LogP contribution < -0.4 is 5.32 Å². The van der Waals surface area contributed by atoms with Gasteiger partial charge in [0.15, 0.2) is 10.8 Å². The van der Waals surface area contributed by atoms with E-state index in [1.165, 1.54) is 18.4 Å². The maximum absolute atomic E-state index is 12.5. The fraction of sp³-hybridized carbons (Fsp3) is 0.368. The Morgan fingerprint density at radius 2 is 2.07 bits per heavy atom. The minimum Gasteiger partial charge on any atom is -0.508 e. The summed E-state index contributed by atoms with van der Waals surface area (Å²) >= 11 is 1.19. The summed E-state index contributed by atoms with van der Waals surface area (Å²) in [6.07, 6.45) is 0.796. The number of likely N-dealkylation sites (tertiary alicyclic amines) is 1. The van der Waals surface area contributed by atoms with Gasteiger partial charge < -0.3 is 20.1 Å². The Hall–Kier alpha value is -2.94. The maximum atomic E-state index is 12.5. The molecule has 0 unspecified atom stereocenters. The Balaban J connectivity index is 1.56. The summed E-state index contributed by atoms with van der Waals surface area (Å²) < 4.78 is 4.66. The quantitative estimate of drug-likeness (QED) is 0.714. The molecule has 0 saturated carbocycles. The number of nitrogens with zero attached hydrogens (tertiary/aromatic N) is 2. The van der Waals surface area contributed by atoms with Crippen LogP contribution in [-0.2, 0) is 20.7 Å². The van der Waals surface area contributed by atoms with Crippen LogP contribution in [0.15, 0.2) is 24.3 Å². The number of carbonyl (C=O) groups excluding carboxylic acids is 3. The molecular formula is C19H21N3O5S. The van der Waals surface area contributed by atoms with Gasteiger partial charge in [-0.05, 0) is 31.0 Å². The number of esters is 1. The molecule has 0 spiro atoms. The normalized spacial score (nSPS) is 16.3. The van der Waals surface area contributed by atoms with E-state index in [4.69, 9.17) is 0 Å². The molecule has 1 fully saturated rings. The van der Waals surface area contributed by atoms with Crippen molar-refractivity contribution in [1.82, 2.24) is 9.88 Å². The van der Waals surface area contributed by atoms with E-state index in [1.54, 1.807) is 24.0 Å². The standard InChI is InChI=1S/C19H21N3O5S/c1-11-16(18(26)27-2)20-19(28-11)21-17(25)13-9-15(24)22(10-13)8-7-12-3-5-14(23)6-4-12/h3-6,13,23H,7-10H2,1-2H3,(H,20,21,25)/t13-/m1/s1. The first-order valence-corrected chi connectivity index (χ1v) is 9.61. The van der Waals surface area contributed by atoms with Gasteiger partial charge in [0.2, 0.25) is 11.8 Å². The van der Waals surface area contributed by atoms with Crippen molar-refractivity contribution in [2.75, 3.05) is 25.5 Å². The minimum atomic E-state index is -0.550. The third-order valence-corrected chi connectivity index (χ3v) is 5.48. The Morgan fingerprint density at radius 1 is 1.36 bits per heavy atom. The predicted octanol–water partition coefficient (Wildman–Crippen LogP) is 1.97. The number of methoxy groups -OCH3 is 1. The lowest BCUT2D eigenvalue weighted by molar-refractivity contribution is -0.128. The number of phenolic OH excluding ortho intramolecular Hbond substituents is 1. The molecule has 1 aliphatic rings. The third-order valence-electron chi connectivity index (χ3n) is 4.60. The molecule has 1 saturated heterocycles. The second kappa shape index (κ2) is 8.39. The molecule has 2 heterocycles. The fourth-order valence-electron chi connectivity index (χ4n) is 3.03. The van der Waals surface area contributed by atoms with E-state index in [2.05, 4.69) is 15.0 Å². The van der Waals surface area contributed by atoms with E-state index < -0.39 is 11.9 Å². The van der Waals surface area contributed by atoms with Crippen LogP contribution in [0.2, 0.25) is 0 Å². The summed E-state index contributed by atoms with van der Waals surface area (Å²) in [6, 6.07) is 6.83. The number of nitrogens with one attached hydrogen (secondary N) is 1. The van der Waals surface area contributed by atoms with Gasteiger partial charge in [-0.2, -0.15) is 0 Å². The molecule has 2 amide bonds. The molecule has 0 radical (unpaired) electrons. The van der Waals surface area contributed by atoms with E-state index >= 15 is 0 Å². The number of hydrogen-bond acceptors (Lipinski definition) is 7. The Morgan fingerprint density at radius 3 is 2.75 bits per heavy atom. The second-order valence-electron chi connectivity index (χ2n) is 6.56. The highest BCUT2D eigenvalue weighted by Crippen LogP contribution is 2.25. The van der Waals surface area contributed by atoms with Gasteiger partial charge in [0.1, 0.15) is 5.75 Å². The number of thiazole rings is 1. The average molecular weight is 403 g/mol. The van der Waals surface area contributed by atoms with Crippen molar-refractivity contribution in [3.05, 3.63) is 40.4 Å². The van der Waals surface area contributed by atoms with E-state index in [0.29, 0.717) is 29.5 Å². The number of ether oxygens (including phenoxy) is 1. The molecule has 8 nitrogen and oxygen atoms in total. The fourth-order valence-corrected chi connectivity index (χ4v) is 3.84. The van der Waals surface area contributed by atoms with E-state index in [9.17, 15) is 19.5 Å². The molecule has 1 aromatic heterocycles. The maximum Gasteiger partial charge on any atom is 0.357 e. The SMILES string of the molecule is COC(=O)c1nc(NC(=O)[C@@H]2CC(=O)N(CCc3ccc(O)cc3)C2)sc1C. The van der Waals surface area contributed by atoms with Crippen molar-refractivity contribution in [1.29, 1.82) is 0 Å². The summed E-state index contributed by atoms with van der Waals surface area (Å²) in [4.78, 5) is 42.8. The average Bonchev–Trinajstić information content (AvgIpc) is 3.23. The molecule has 28 heavy (non-hydrogen) atoms. The lowest BCUT2D eigenvalue weighted by Crippen LogP contribution is -2.30. The summed E-state index contributed by atoms with van der Waals surface area (Å²) in [6.45, 7) is 2.58. The van der Waals surface area contributed by atoms with Crippen molar-refractivity contribution in [3.8, 4) is 5.75 Å². The molecule has 1 aliphatic heterocycles. The van der Waals surface area contributed by atoms with Gasteiger partial charge in [0.25, 0.3) is 0 Å². The zero-order valence-corrected chi connectivity index (χ0v) is 16.4. The van der Waals surface area contributed by atoms with Gasteiger partial charge in [0.05, 0.1) is 13.0 Å². The zero-order chi connectivity index (χ0) is 20.3. The molecule has 1 aromatic carbocycles. The highest BCUT2D eigenvalue weighted by molar-refractivity contribution is 7.16. The van der Waals surface area contributed by atoms with E-state index in [0.717, 1.165) is 5.56 Å². The number of benzene rings is 1. The summed E-state index contributed by atoms with van der Waals surface area (Å²) in [5.41, 5.74) is 1.19. The van der Waals surface area contributed by atoms with Crippen molar-refractivity contribution >= 4 is 34.3 Å². The van der Waals surface area contributed by atoms with Gasteiger partial charge >= 0.3 is 5.97 Å². The van der Waals surface area contributed by atoms with Gasteiger partial charge in [0, 0.05) is 24.4 Å². The molecule has 2 N–H and O–H groups in total. The Bertz CT molecular complexity index is 893. The first-order valence-electron chi connectivity index (χ1n) is 8.79. The summed E-state index contributed by atoms with van der Waals surface area (Å²) in [5, 5.41) is 12.3. The Kier molecular flexibility index (Phi) is 5.93. The van der Waals surface area contributed by atoms with E-state index in [-0.39, 0.29) is 29.7 Å². The largest absolute Gasteiger partial charge is 0.508 e. The molecule has 148 valence electrons. The highest BCUT2D eigenvalue weighted by atomic mass is 32.1. The number of aryl methyl sites for hydroxylation is 1. The van der Waals surface area contributed by atoms with Crippen LogP contribution in [0.1, 0.15) is 27.3 Å². The van der Waals surface area contributed by atoms with Crippen LogP contribution in [-0.4, -0.2) is 53.0 Å². The lowest BCUT2D eigenvalue weighted by atomic mass is 10.1. The number of hydrogen-bond donors (Lipinski definition) is 2. The number of amides is 2. The monoisotopic (exact) mass is 403 g/mol. The van der Waals surface area contributed by atoms with Crippen molar-refractivity contribution in [2.24, 2.45) is 5.92 Å². The molecule has 2 aromatic rings. The molecule has 0 aliphatic carbocycles. The molecule has 1 atom stereocenters. The van der Waals surface area contributed by atoms with Gasteiger partial charge in [-0.3, -0.25) is 9.59 Å². The van der Waals surface area contributed by atoms with Crippen LogP contribution in [0.25, 0.3) is 0 Å². The van der Waals surface area contributed by atoms with Crippen LogP contribution in [0.4, 0.5) is 5.13 Å². The lowest BCUT2D eigenvalue weighted by Gasteiger charge is -2.16. The minimum absolute atomic E-state index is 0.0653. The van der Waals surface area contributed by atoms with E-state index in [1.807, 2.05) is 12.1 Å². The Labute approximate surface area is 166 Å². The smallest absolute Gasteiger partial charge is 0.357 e. The molecule has 3 rings (SSSR count). The van der Waals surface area contributed by atoms with Crippen molar-refractivity contribution in [2.45, 2.75) is 19.8 Å². The molecule has 9 heteroatoms. The summed E-state index contributed by atoms with van der Waals surface area (Å²) in [5.74, 6) is -1.16. The second-order valence-corrected chi connectivity index (χ2v) is 7.77. The third kappa shape index (κ3) is 4.48. The number of aromatic nitrogens is 1. The molecular weight excluding hydrogens is 382 g/mol. The number of rotatable bonds is 6.